The van der Waals surface area contributed by atoms with Crippen molar-refractivity contribution < 1.29 is 14.6 Å². The maximum atomic E-state index is 12.5. The summed E-state index contributed by atoms with van der Waals surface area (Å²) < 4.78 is 5.79. The van der Waals surface area contributed by atoms with E-state index in [2.05, 4.69) is 0 Å². The summed E-state index contributed by atoms with van der Waals surface area (Å²) in [7, 11) is 0. The molecule has 1 aliphatic heterocycles. The van der Waals surface area contributed by atoms with Crippen LogP contribution < -0.4 is 4.74 Å². The van der Waals surface area contributed by atoms with Gasteiger partial charge in [0.25, 0.3) is 0 Å². The molecular formula is C23H27NO3. The number of likely N-dealkylation sites (tertiary alicyclic amines) is 1. The van der Waals surface area contributed by atoms with E-state index in [1.54, 1.807) is 6.08 Å². The summed E-state index contributed by atoms with van der Waals surface area (Å²) >= 11 is 0. The van der Waals surface area contributed by atoms with Crippen LogP contribution in [0.15, 0.2) is 60.7 Å². The minimum Gasteiger partial charge on any atom is -0.489 e. The molecule has 142 valence electrons. The van der Waals surface area contributed by atoms with E-state index in [9.17, 15) is 9.90 Å². The van der Waals surface area contributed by atoms with Crippen LogP contribution >= 0.6 is 0 Å². The predicted octanol–water partition coefficient (Wildman–Crippen LogP) is 4.04. The molecule has 0 aromatic heterocycles. The molecule has 27 heavy (non-hydrogen) atoms. The molecule has 2 aromatic carbocycles. The van der Waals surface area contributed by atoms with Crippen LogP contribution in [0.5, 0.6) is 5.75 Å². The van der Waals surface area contributed by atoms with Crippen molar-refractivity contribution in [2.75, 3.05) is 13.2 Å². The number of aliphatic hydroxyl groups excluding tert-OH is 1. The molecule has 1 amide bonds. The number of rotatable bonds is 7. The van der Waals surface area contributed by atoms with Crippen LogP contribution in [0.25, 0.3) is 6.08 Å². The number of nitrogens with zero attached hydrogens (tertiary/aromatic N) is 1. The number of carbonyl (C=O) groups excluding carboxylic acids is 1. The summed E-state index contributed by atoms with van der Waals surface area (Å²) in [4.78, 5) is 14.4. The Bertz CT molecular complexity index is 738. The molecule has 1 aliphatic rings. The van der Waals surface area contributed by atoms with Crippen LogP contribution in [0.2, 0.25) is 0 Å². The monoisotopic (exact) mass is 365 g/mol. The van der Waals surface area contributed by atoms with Crippen LogP contribution in [-0.2, 0) is 11.4 Å². The molecule has 4 heteroatoms. The standard InChI is InChI=1S/C23H27NO3/c25-17-15-21-8-4-5-16-24(21)23(26)14-11-19-9-12-22(13-10-19)27-18-20-6-2-1-3-7-20/h1-3,6-7,9-14,21,25H,4-5,8,15-18H2/b14-11+. The van der Waals surface area contributed by atoms with Crippen molar-refractivity contribution in [1.82, 2.24) is 4.90 Å². The highest BCUT2D eigenvalue weighted by Crippen LogP contribution is 2.20. The summed E-state index contributed by atoms with van der Waals surface area (Å²) in [6.07, 6.45) is 7.28. The third-order valence-electron chi connectivity index (χ3n) is 4.92. The van der Waals surface area contributed by atoms with Gasteiger partial charge in [0.05, 0.1) is 0 Å². The first kappa shape index (κ1) is 19.2. The molecule has 0 radical (unpaired) electrons. The summed E-state index contributed by atoms with van der Waals surface area (Å²) in [5.74, 6) is 0.832. The first-order valence-corrected chi connectivity index (χ1v) is 9.62. The molecule has 0 aliphatic carbocycles. The van der Waals surface area contributed by atoms with E-state index in [1.807, 2.05) is 65.6 Å². The molecule has 1 unspecified atom stereocenters. The third kappa shape index (κ3) is 5.69. The number of hydrogen-bond acceptors (Lipinski definition) is 3. The van der Waals surface area contributed by atoms with Gasteiger partial charge in [-0.05, 0) is 55.0 Å². The Hall–Kier alpha value is -2.59. The van der Waals surface area contributed by atoms with Crippen LogP contribution in [0.1, 0.15) is 36.8 Å². The number of piperidine rings is 1. The Morgan fingerprint density at radius 1 is 1.11 bits per heavy atom. The average molecular weight is 365 g/mol. The molecule has 1 fully saturated rings. The fourth-order valence-corrected chi connectivity index (χ4v) is 3.42. The lowest BCUT2D eigenvalue weighted by Crippen LogP contribution is -2.43. The van der Waals surface area contributed by atoms with Crippen molar-refractivity contribution in [3.05, 3.63) is 71.8 Å². The molecule has 1 saturated heterocycles. The molecule has 1 atom stereocenters. The number of ether oxygens (including phenoxy) is 1. The SMILES string of the molecule is O=C(/C=C/c1ccc(OCc2ccccc2)cc1)N1CCCCC1CCO. The van der Waals surface area contributed by atoms with Gasteiger partial charge in [0.15, 0.2) is 0 Å². The van der Waals surface area contributed by atoms with Gasteiger partial charge in [0.2, 0.25) is 5.91 Å². The highest BCUT2D eigenvalue weighted by molar-refractivity contribution is 5.92. The number of amides is 1. The normalized spacial score (nSPS) is 17.2. The van der Waals surface area contributed by atoms with E-state index in [0.717, 1.165) is 42.7 Å². The summed E-state index contributed by atoms with van der Waals surface area (Å²) in [6.45, 7) is 1.44. The van der Waals surface area contributed by atoms with Gasteiger partial charge < -0.3 is 14.7 Å². The quantitative estimate of drug-likeness (QED) is 0.754. The maximum Gasteiger partial charge on any atom is 0.246 e. The Labute approximate surface area is 161 Å². The smallest absolute Gasteiger partial charge is 0.246 e. The minimum atomic E-state index is 0.0255. The highest BCUT2D eigenvalue weighted by atomic mass is 16.5. The van der Waals surface area contributed by atoms with Gasteiger partial charge in [-0.3, -0.25) is 4.79 Å². The van der Waals surface area contributed by atoms with E-state index in [-0.39, 0.29) is 18.6 Å². The van der Waals surface area contributed by atoms with Crippen molar-refractivity contribution in [2.45, 2.75) is 38.3 Å². The fourth-order valence-electron chi connectivity index (χ4n) is 3.42. The second-order valence-corrected chi connectivity index (χ2v) is 6.87. The second kappa shape index (κ2) is 9.93. The zero-order valence-electron chi connectivity index (χ0n) is 15.6. The Balaban J connectivity index is 1.54. The Morgan fingerprint density at radius 2 is 1.89 bits per heavy atom. The zero-order chi connectivity index (χ0) is 18.9. The summed E-state index contributed by atoms with van der Waals surface area (Å²) in [6, 6.07) is 18.0. The molecule has 3 rings (SSSR count). The molecular weight excluding hydrogens is 338 g/mol. The van der Waals surface area contributed by atoms with Gasteiger partial charge in [-0.15, -0.1) is 0 Å². The number of hydrogen-bond donors (Lipinski definition) is 1. The van der Waals surface area contributed by atoms with E-state index in [0.29, 0.717) is 13.0 Å². The average Bonchev–Trinajstić information content (AvgIpc) is 2.73. The van der Waals surface area contributed by atoms with Crippen LogP contribution in [-0.4, -0.2) is 35.1 Å². The van der Waals surface area contributed by atoms with Gasteiger partial charge >= 0.3 is 0 Å². The number of aliphatic hydroxyl groups is 1. The molecule has 0 spiro atoms. The predicted molar refractivity (Wildman–Crippen MR) is 107 cm³/mol. The minimum absolute atomic E-state index is 0.0255. The van der Waals surface area contributed by atoms with Crippen LogP contribution in [0.4, 0.5) is 0 Å². The second-order valence-electron chi connectivity index (χ2n) is 6.87. The lowest BCUT2D eigenvalue weighted by molar-refractivity contribution is -0.129. The Kier molecular flexibility index (Phi) is 7.05. The van der Waals surface area contributed by atoms with Gasteiger partial charge in [-0.1, -0.05) is 42.5 Å². The van der Waals surface area contributed by atoms with E-state index < -0.39 is 0 Å². The van der Waals surface area contributed by atoms with Crippen LogP contribution in [0, 0.1) is 0 Å². The topological polar surface area (TPSA) is 49.8 Å². The molecule has 1 heterocycles. The van der Waals surface area contributed by atoms with Crippen molar-refractivity contribution in [3.63, 3.8) is 0 Å². The van der Waals surface area contributed by atoms with E-state index in [1.165, 1.54) is 0 Å². The number of benzene rings is 2. The highest BCUT2D eigenvalue weighted by Gasteiger charge is 2.24. The van der Waals surface area contributed by atoms with Crippen molar-refractivity contribution in [1.29, 1.82) is 0 Å². The van der Waals surface area contributed by atoms with E-state index >= 15 is 0 Å². The molecule has 0 bridgehead atoms. The van der Waals surface area contributed by atoms with Gasteiger partial charge in [0, 0.05) is 25.3 Å². The van der Waals surface area contributed by atoms with Crippen molar-refractivity contribution in [3.8, 4) is 5.75 Å². The third-order valence-corrected chi connectivity index (χ3v) is 4.92. The lowest BCUT2D eigenvalue weighted by atomic mass is 9.99. The first-order chi connectivity index (χ1) is 13.3. The largest absolute Gasteiger partial charge is 0.489 e. The van der Waals surface area contributed by atoms with Crippen molar-refractivity contribution in [2.24, 2.45) is 0 Å². The number of carbonyl (C=O) groups is 1. The molecule has 0 saturated carbocycles. The molecule has 4 nitrogen and oxygen atoms in total. The Morgan fingerprint density at radius 3 is 2.63 bits per heavy atom. The van der Waals surface area contributed by atoms with Gasteiger partial charge in [-0.2, -0.15) is 0 Å². The summed E-state index contributed by atoms with van der Waals surface area (Å²) in [5.41, 5.74) is 2.09. The first-order valence-electron chi connectivity index (χ1n) is 9.62. The van der Waals surface area contributed by atoms with Gasteiger partial charge in [-0.25, -0.2) is 0 Å². The van der Waals surface area contributed by atoms with E-state index in [4.69, 9.17) is 4.74 Å². The zero-order valence-corrected chi connectivity index (χ0v) is 15.6. The molecule has 2 aromatic rings. The lowest BCUT2D eigenvalue weighted by Gasteiger charge is -2.34. The van der Waals surface area contributed by atoms with Crippen LogP contribution in [0.3, 0.4) is 0 Å². The fraction of sp³-hybridized carbons (Fsp3) is 0.348. The maximum absolute atomic E-state index is 12.5. The summed E-state index contributed by atoms with van der Waals surface area (Å²) in [5, 5.41) is 9.20. The molecule has 1 N–H and O–H groups in total. The van der Waals surface area contributed by atoms with Crippen molar-refractivity contribution >= 4 is 12.0 Å². The van der Waals surface area contributed by atoms with Gasteiger partial charge in [0.1, 0.15) is 12.4 Å².